The Labute approximate surface area is 88.7 Å². The Morgan fingerprint density at radius 2 is 1.87 bits per heavy atom. The fourth-order valence-electron chi connectivity index (χ4n) is 0.813. The number of aliphatic hydroxyl groups is 2. The molecular weight excluding hydrogens is 192 g/mol. The highest BCUT2D eigenvalue weighted by molar-refractivity contribution is 5.34. The van der Waals surface area contributed by atoms with Crippen molar-refractivity contribution in [3.8, 4) is 23.7 Å². The lowest BCUT2D eigenvalue weighted by Crippen LogP contribution is -2.14. The Morgan fingerprint density at radius 3 is 2.40 bits per heavy atom. The molecule has 3 heteroatoms. The van der Waals surface area contributed by atoms with Crippen LogP contribution in [-0.4, -0.2) is 22.4 Å². The highest BCUT2D eigenvalue weighted by Gasteiger charge is 2.06. The van der Waals surface area contributed by atoms with E-state index in [4.69, 9.17) is 9.52 Å². The quantitative estimate of drug-likeness (QED) is 0.613. The standard InChI is InChI=1S/C12H12O3/c1-12(2,14)8-7-11-6-5-10(15-11)4-3-9-13/h5-6,13-14H,9H2,1-2H3. The van der Waals surface area contributed by atoms with Crippen molar-refractivity contribution < 1.29 is 14.6 Å². The molecule has 3 nitrogen and oxygen atoms in total. The third-order valence-corrected chi connectivity index (χ3v) is 1.39. The molecule has 0 aliphatic carbocycles. The highest BCUT2D eigenvalue weighted by atomic mass is 16.3. The van der Waals surface area contributed by atoms with Gasteiger partial charge in [0.15, 0.2) is 11.5 Å². The fourth-order valence-corrected chi connectivity index (χ4v) is 0.813. The van der Waals surface area contributed by atoms with Crippen LogP contribution in [0.3, 0.4) is 0 Å². The van der Waals surface area contributed by atoms with Crippen LogP contribution in [0.4, 0.5) is 0 Å². The molecule has 1 aromatic rings. The first-order valence-electron chi connectivity index (χ1n) is 4.46. The van der Waals surface area contributed by atoms with Crippen LogP contribution in [0.25, 0.3) is 0 Å². The van der Waals surface area contributed by atoms with Gasteiger partial charge in [0.1, 0.15) is 12.2 Å². The zero-order valence-corrected chi connectivity index (χ0v) is 8.66. The van der Waals surface area contributed by atoms with E-state index in [0.717, 1.165) is 0 Å². The van der Waals surface area contributed by atoms with Crippen molar-refractivity contribution in [2.75, 3.05) is 6.61 Å². The van der Waals surface area contributed by atoms with Gasteiger partial charge < -0.3 is 14.6 Å². The van der Waals surface area contributed by atoms with Gasteiger partial charge >= 0.3 is 0 Å². The summed E-state index contributed by atoms with van der Waals surface area (Å²) in [6, 6.07) is 3.33. The molecule has 0 amide bonds. The second-order valence-electron chi connectivity index (χ2n) is 3.43. The molecule has 0 saturated heterocycles. The Balaban J connectivity index is 2.80. The van der Waals surface area contributed by atoms with Crippen LogP contribution in [0.5, 0.6) is 0 Å². The van der Waals surface area contributed by atoms with Crippen LogP contribution in [0, 0.1) is 23.7 Å². The lowest BCUT2D eigenvalue weighted by atomic mass is 10.1. The molecule has 78 valence electrons. The summed E-state index contributed by atoms with van der Waals surface area (Å²) >= 11 is 0. The lowest BCUT2D eigenvalue weighted by Gasteiger charge is -2.05. The number of rotatable bonds is 0. The molecule has 2 N–H and O–H groups in total. The van der Waals surface area contributed by atoms with E-state index in [1.54, 1.807) is 26.0 Å². The first kappa shape index (κ1) is 11.4. The van der Waals surface area contributed by atoms with Gasteiger partial charge in [0.25, 0.3) is 0 Å². The van der Waals surface area contributed by atoms with Gasteiger partial charge in [-0.2, -0.15) is 0 Å². The smallest absolute Gasteiger partial charge is 0.178 e. The average molecular weight is 204 g/mol. The van der Waals surface area contributed by atoms with Gasteiger partial charge in [-0.15, -0.1) is 0 Å². The monoisotopic (exact) mass is 204 g/mol. The molecule has 1 aromatic heterocycles. The van der Waals surface area contributed by atoms with Crippen molar-refractivity contribution in [3.63, 3.8) is 0 Å². The molecule has 0 aliphatic rings. The fraction of sp³-hybridized carbons (Fsp3) is 0.333. The van der Waals surface area contributed by atoms with Crippen LogP contribution in [0.15, 0.2) is 16.5 Å². The second kappa shape index (κ2) is 4.70. The Kier molecular flexibility index (Phi) is 3.57. The number of aliphatic hydroxyl groups excluding tert-OH is 1. The summed E-state index contributed by atoms with van der Waals surface area (Å²) in [5.41, 5.74) is -1.04. The predicted octanol–water partition coefficient (Wildman–Crippen LogP) is 0.746. The van der Waals surface area contributed by atoms with Crippen LogP contribution in [0.2, 0.25) is 0 Å². The van der Waals surface area contributed by atoms with Gasteiger partial charge in [-0.25, -0.2) is 0 Å². The van der Waals surface area contributed by atoms with E-state index in [9.17, 15) is 5.11 Å². The average Bonchev–Trinajstić information content (AvgIpc) is 2.58. The van der Waals surface area contributed by atoms with Gasteiger partial charge in [0.2, 0.25) is 0 Å². The van der Waals surface area contributed by atoms with Crippen molar-refractivity contribution in [1.29, 1.82) is 0 Å². The minimum atomic E-state index is -1.04. The topological polar surface area (TPSA) is 53.6 Å². The van der Waals surface area contributed by atoms with E-state index in [1.165, 1.54) is 0 Å². The van der Waals surface area contributed by atoms with E-state index in [-0.39, 0.29) is 6.61 Å². The molecular formula is C12H12O3. The summed E-state index contributed by atoms with van der Waals surface area (Å²) < 4.78 is 5.21. The molecule has 0 aromatic carbocycles. The van der Waals surface area contributed by atoms with Gasteiger partial charge in [0, 0.05) is 0 Å². The first-order chi connectivity index (χ1) is 7.01. The predicted molar refractivity (Wildman–Crippen MR) is 55.8 cm³/mol. The van der Waals surface area contributed by atoms with Crippen molar-refractivity contribution in [3.05, 3.63) is 23.7 Å². The number of hydrogen-bond donors (Lipinski definition) is 2. The van der Waals surface area contributed by atoms with E-state index in [2.05, 4.69) is 23.7 Å². The summed E-state index contributed by atoms with van der Waals surface area (Å²) in [5.74, 6) is 11.3. The van der Waals surface area contributed by atoms with Crippen LogP contribution in [0.1, 0.15) is 25.4 Å². The maximum atomic E-state index is 9.35. The van der Waals surface area contributed by atoms with E-state index in [1.807, 2.05) is 0 Å². The summed E-state index contributed by atoms with van der Waals surface area (Å²) in [6.45, 7) is 2.98. The molecule has 0 saturated carbocycles. The minimum absolute atomic E-state index is 0.203. The summed E-state index contributed by atoms with van der Waals surface area (Å²) in [7, 11) is 0. The van der Waals surface area contributed by atoms with Gasteiger partial charge in [-0.05, 0) is 37.8 Å². The molecule has 1 rings (SSSR count). The molecule has 0 spiro atoms. The largest absolute Gasteiger partial charge is 0.439 e. The summed E-state index contributed by atoms with van der Waals surface area (Å²) in [5, 5.41) is 17.8. The van der Waals surface area contributed by atoms with E-state index < -0.39 is 5.60 Å². The zero-order chi connectivity index (χ0) is 11.3. The second-order valence-corrected chi connectivity index (χ2v) is 3.43. The molecule has 0 bridgehead atoms. The molecule has 15 heavy (non-hydrogen) atoms. The third-order valence-electron chi connectivity index (χ3n) is 1.39. The van der Waals surface area contributed by atoms with Crippen molar-refractivity contribution in [1.82, 2.24) is 0 Å². The maximum absolute atomic E-state index is 9.35. The molecule has 0 radical (unpaired) electrons. The lowest BCUT2D eigenvalue weighted by molar-refractivity contribution is 0.143. The van der Waals surface area contributed by atoms with Gasteiger partial charge in [-0.1, -0.05) is 11.8 Å². The van der Waals surface area contributed by atoms with Crippen LogP contribution >= 0.6 is 0 Å². The zero-order valence-electron chi connectivity index (χ0n) is 8.66. The van der Waals surface area contributed by atoms with Crippen LogP contribution in [-0.2, 0) is 0 Å². The number of furan rings is 1. The van der Waals surface area contributed by atoms with Crippen molar-refractivity contribution in [2.45, 2.75) is 19.4 Å². The first-order valence-corrected chi connectivity index (χ1v) is 4.46. The van der Waals surface area contributed by atoms with E-state index in [0.29, 0.717) is 11.5 Å². The summed E-state index contributed by atoms with van der Waals surface area (Å²) in [6.07, 6.45) is 0. The Bertz CT molecular complexity index is 441. The Morgan fingerprint density at radius 1 is 1.27 bits per heavy atom. The van der Waals surface area contributed by atoms with Crippen molar-refractivity contribution in [2.24, 2.45) is 0 Å². The van der Waals surface area contributed by atoms with Crippen LogP contribution < -0.4 is 0 Å². The summed E-state index contributed by atoms with van der Waals surface area (Å²) in [4.78, 5) is 0. The molecule has 0 unspecified atom stereocenters. The molecule has 0 aliphatic heterocycles. The molecule has 0 fully saturated rings. The third kappa shape index (κ3) is 4.37. The number of hydrogen-bond acceptors (Lipinski definition) is 3. The molecule has 0 atom stereocenters. The van der Waals surface area contributed by atoms with Crippen molar-refractivity contribution >= 4 is 0 Å². The molecule has 1 heterocycles. The highest BCUT2D eigenvalue weighted by Crippen LogP contribution is 2.06. The van der Waals surface area contributed by atoms with Gasteiger partial charge in [-0.3, -0.25) is 0 Å². The van der Waals surface area contributed by atoms with E-state index >= 15 is 0 Å². The SMILES string of the molecule is CC(C)(O)C#Cc1ccc(C#CCO)o1. The minimum Gasteiger partial charge on any atom is -0.439 e. The van der Waals surface area contributed by atoms with Gasteiger partial charge in [0.05, 0.1) is 0 Å². The Hall–Kier alpha value is -1.68. The maximum Gasteiger partial charge on any atom is 0.178 e. The normalized spacial score (nSPS) is 9.87.